The van der Waals surface area contributed by atoms with Gasteiger partial charge >= 0.3 is 0 Å². The largest absolute Gasteiger partial charge is 0.369 e. The third kappa shape index (κ3) is 4.18. The van der Waals surface area contributed by atoms with Crippen molar-refractivity contribution < 1.29 is 0 Å². The van der Waals surface area contributed by atoms with Gasteiger partial charge in [0.25, 0.3) is 5.56 Å². The molecule has 2 aromatic carbocycles. The molecular formula is C24H27N3O. The van der Waals surface area contributed by atoms with Gasteiger partial charge in [0.1, 0.15) is 0 Å². The normalized spacial score (nSPS) is 15.0. The average Bonchev–Trinajstić information content (AvgIpc) is 2.74. The first-order valence-electron chi connectivity index (χ1n) is 10.0. The van der Waals surface area contributed by atoms with Crippen molar-refractivity contribution in [1.82, 2.24) is 9.47 Å². The molecule has 4 heteroatoms. The molecule has 0 atom stereocenters. The second kappa shape index (κ2) is 8.44. The molecule has 1 saturated heterocycles. The minimum atomic E-state index is 0.00164. The van der Waals surface area contributed by atoms with Crippen molar-refractivity contribution in [2.24, 2.45) is 0 Å². The zero-order valence-corrected chi connectivity index (χ0v) is 16.4. The molecule has 1 aliphatic rings. The van der Waals surface area contributed by atoms with Crippen LogP contribution in [0.4, 0.5) is 5.69 Å². The lowest BCUT2D eigenvalue weighted by Crippen LogP contribution is -2.47. The van der Waals surface area contributed by atoms with E-state index in [1.807, 2.05) is 24.4 Å². The van der Waals surface area contributed by atoms with Crippen LogP contribution in [0.15, 0.2) is 77.7 Å². The van der Waals surface area contributed by atoms with Gasteiger partial charge in [-0.1, -0.05) is 36.4 Å². The Morgan fingerprint density at radius 1 is 0.821 bits per heavy atom. The van der Waals surface area contributed by atoms with Crippen LogP contribution in [0.5, 0.6) is 0 Å². The zero-order chi connectivity index (χ0) is 19.3. The van der Waals surface area contributed by atoms with Gasteiger partial charge in [-0.15, -0.1) is 0 Å². The number of para-hydroxylation sites is 1. The first kappa shape index (κ1) is 18.5. The Morgan fingerprint density at radius 3 is 2.25 bits per heavy atom. The summed E-state index contributed by atoms with van der Waals surface area (Å²) in [5, 5.41) is 0. The monoisotopic (exact) mass is 373 g/mol. The molecule has 0 spiro atoms. The van der Waals surface area contributed by atoms with Crippen molar-refractivity contribution in [3.05, 3.63) is 94.4 Å². The summed E-state index contributed by atoms with van der Waals surface area (Å²) in [7, 11) is 0. The molecule has 1 fully saturated rings. The van der Waals surface area contributed by atoms with Crippen molar-refractivity contribution in [3.8, 4) is 5.69 Å². The van der Waals surface area contributed by atoms with E-state index in [4.69, 9.17) is 0 Å². The Hall–Kier alpha value is -2.85. The summed E-state index contributed by atoms with van der Waals surface area (Å²) in [6, 6.07) is 22.2. The highest BCUT2D eigenvalue weighted by Gasteiger charge is 2.17. The minimum Gasteiger partial charge on any atom is -0.369 e. The molecule has 0 N–H and O–H groups in total. The molecule has 0 bridgehead atoms. The van der Waals surface area contributed by atoms with Crippen LogP contribution in [-0.4, -0.2) is 42.2 Å². The summed E-state index contributed by atoms with van der Waals surface area (Å²) >= 11 is 0. The Kier molecular flexibility index (Phi) is 5.58. The third-order valence-corrected chi connectivity index (χ3v) is 5.58. The molecule has 0 radical (unpaired) electrons. The summed E-state index contributed by atoms with van der Waals surface area (Å²) in [6.07, 6.45) is 2.85. The van der Waals surface area contributed by atoms with Gasteiger partial charge in [0.15, 0.2) is 0 Å². The fourth-order valence-electron chi connectivity index (χ4n) is 3.88. The molecule has 3 aromatic rings. The first-order chi connectivity index (χ1) is 13.7. The maximum absolute atomic E-state index is 11.9. The van der Waals surface area contributed by atoms with E-state index in [9.17, 15) is 4.79 Å². The number of hydrogen-bond donors (Lipinski definition) is 0. The van der Waals surface area contributed by atoms with Crippen molar-refractivity contribution in [2.45, 2.75) is 13.3 Å². The van der Waals surface area contributed by atoms with E-state index in [0.29, 0.717) is 0 Å². The average molecular weight is 374 g/mol. The summed E-state index contributed by atoms with van der Waals surface area (Å²) < 4.78 is 1.68. The summed E-state index contributed by atoms with van der Waals surface area (Å²) in [4.78, 5) is 17.0. The Morgan fingerprint density at radius 2 is 1.54 bits per heavy atom. The van der Waals surface area contributed by atoms with Gasteiger partial charge < -0.3 is 4.90 Å². The van der Waals surface area contributed by atoms with Crippen LogP contribution in [0, 0.1) is 6.92 Å². The van der Waals surface area contributed by atoms with E-state index < -0.39 is 0 Å². The quantitative estimate of drug-likeness (QED) is 0.685. The molecular weight excluding hydrogens is 346 g/mol. The molecule has 4 rings (SSSR count). The van der Waals surface area contributed by atoms with Gasteiger partial charge in [0, 0.05) is 56.4 Å². The first-order valence-corrected chi connectivity index (χ1v) is 10.0. The Balaban J connectivity index is 1.30. The number of benzene rings is 2. The maximum Gasteiger partial charge on any atom is 0.255 e. The second-order valence-corrected chi connectivity index (χ2v) is 7.44. The molecule has 0 unspecified atom stereocenters. The van der Waals surface area contributed by atoms with E-state index in [1.54, 1.807) is 16.7 Å². The molecule has 0 saturated carbocycles. The van der Waals surface area contributed by atoms with E-state index >= 15 is 0 Å². The van der Waals surface area contributed by atoms with Gasteiger partial charge in [-0.25, -0.2) is 0 Å². The number of aromatic nitrogens is 1. The van der Waals surface area contributed by atoms with Crippen molar-refractivity contribution in [2.75, 3.05) is 37.6 Å². The van der Waals surface area contributed by atoms with Crippen molar-refractivity contribution in [1.29, 1.82) is 0 Å². The lowest BCUT2D eigenvalue weighted by molar-refractivity contribution is 0.261. The molecule has 28 heavy (non-hydrogen) atoms. The lowest BCUT2D eigenvalue weighted by Gasteiger charge is -2.36. The summed E-state index contributed by atoms with van der Waals surface area (Å²) in [5.74, 6) is 0. The SMILES string of the molecule is Cc1ccccc1N1CCN(CCc2ccc(-n3ccccc3=O)cc2)CC1. The Labute approximate surface area is 166 Å². The van der Waals surface area contributed by atoms with E-state index in [-0.39, 0.29) is 5.56 Å². The van der Waals surface area contributed by atoms with Gasteiger partial charge in [-0.3, -0.25) is 14.3 Å². The van der Waals surface area contributed by atoms with Crippen molar-refractivity contribution in [3.63, 3.8) is 0 Å². The van der Waals surface area contributed by atoms with E-state index in [0.717, 1.165) is 44.8 Å². The van der Waals surface area contributed by atoms with Gasteiger partial charge in [0.05, 0.1) is 0 Å². The Bertz CT molecular complexity index is 969. The van der Waals surface area contributed by atoms with Crippen LogP contribution in [-0.2, 0) is 6.42 Å². The number of pyridine rings is 1. The lowest BCUT2D eigenvalue weighted by atomic mass is 10.1. The number of nitrogens with zero attached hydrogens (tertiary/aromatic N) is 3. The van der Waals surface area contributed by atoms with Crippen LogP contribution < -0.4 is 10.5 Å². The molecule has 0 aliphatic carbocycles. The topological polar surface area (TPSA) is 28.5 Å². The number of aryl methyl sites for hydroxylation is 1. The molecule has 1 aromatic heterocycles. The van der Waals surface area contributed by atoms with Crippen LogP contribution in [0.1, 0.15) is 11.1 Å². The van der Waals surface area contributed by atoms with Gasteiger partial charge in [0.2, 0.25) is 0 Å². The van der Waals surface area contributed by atoms with Crippen LogP contribution in [0.25, 0.3) is 5.69 Å². The highest BCUT2D eigenvalue weighted by Crippen LogP contribution is 2.21. The van der Waals surface area contributed by atoms with E-state index in [1.165, 1.54) is 16.8 Å². The highest BCUT2D eigenvalue weighted by atomic mass is 16.1. The second-order valence-electron chi connectivity index (χ2n) is 7.44. The minimum absolute atomic E-state index is 0.00164. The molecule has 4 nitrogen and oxygen atoms in total. The molecule has 144 valence electrons. The summed E-state index contributed by atoms with van der Waals surface area (Å²) in [5.41, 5.74) is 4.96. The third-order valence-electron chi connectivity index (χ3n) is 5.58. The van der Waals surface area contributed by atoms with Gasteiger partial charge in [-0.2, -0.15) is 0 Å². The highest BCUT2D eigenvalue weighted by molar-refractivity contribution is 5.53. The zero-order valence-electron chi connectivity index (χ0n) is 16.4. The standard InChI is InChI=1S/C24H27N3O/c1-20-6-2-3-7-23(20)26-18-16-25(17-19-26)15-13-21-9-11-22(12-10-21)27-14-5-4-8-24(27)28/h2-12,14H,13,15-19H2,1H3. The number of rotatable bonds is 5. The van der Waals surface area contributed by atoms with Crippen LogP contribution in [0.2, 0.25) is 0 Å². The van der Waals surface area contributed by atoms with Gasteiger partial charge in [-0.05, 0) is 48.7 Å². The van der Waals surface area contributed by atoms with Crippen LogP contribution >= 0.6 is 0 Å². The number of anilines is 1. The maximum atomic E-state index is 11.9. The number of piperazine rings is 1. The molecule has 2 heterocycles. The summed E-state index contributed by atoms with van der Waals surface area (Å²) in [6.45, 7) is 7.64. The van der Waals surface area contributed by atoms with Crippen LogP contribution in [0.3, 0.4) is 0 Å². The fraction of sp³-hybridized carbons (Fsp3) is 0.292. The van der Waals surface area contributed by atoms with E-state index in [2.05, 4.69) is 53.1 Å². The number of hydrogen-bond acceptors (Lipinski definition) is 3. The molecule has 0 amide bonds. The predicted molar refractivity (Wildman–Crippen MR) is 116 cm³/mol. The molecule has 1 aliphatic heterocycles. The smallest absolute Gasteiger partial charge is 0.255 e. The van der Waals surface area contributed by atoms with Crippen molar-refractivity contribution >= 4 is 5.69 Å². The predicted octanol–water partition coefficient (Wildman–Crippen LogP) is 3.51. The fourth-order valence-corrected chi connectivity index (χ4v) is 3.88.